The number of unbranched alkanes of at least 4 members (excludes halogenated alkanes) is 53. The van der Waals surface area contributed by atoms with Crippen molar-refractivity contribution in [2.45, 2.75) is 429 Å². The fourth-order valence-corrected chi connectivity index (χ4v) is 12.2. The van der Waals surface area contributed by atoms with Crippen molar-refractivity contribution >= 4 is 5.91 Å². The van der Waals surface area contributed by atoms with Crippen molar-refractivity contribution in [2.24, 2.45) is 0 Å². The fraction of sp³-hybridized carbons (Fsp3) is 0.958. The second-order valence-electron chi connectivity index (χ2n) is 25.7. The first kappa shape index (κ1) is 77.9. The molecule has 1 aliphatic rings. The molecule has 0 radical (unpaired) electrons. The number of aliphatic hydroxyl groups excluding tert-OH is 5. The number of allylic oxidation sites excluding steroid dienone is 2. The standard InChI is InChI=1S/C72H141NO8/c1-3-5-7-9-11-13-15-17-19-21-23-25-27-29-31-32-33-34-36-38-40-42-44-46-48-50-52-54-56-58-60-62-68(76)73-65(64-80-72-71(79)70(78)69(77)67(63-74)81-72)66(75)61-59-57-55-53-51-49-47-45-43-41-39-37-35-30-28-26-24-22-20-18-16-14-12-10-8-6-4-2/h21,23,65-67,69-72,74-75,77-79H,3-20,22,24-64H2,1-2H3,(H,73,76)/b23-21-. The lowest BCUT2D eigenvalue weighted by atomic mass is 9.99. The van der Waals surface area contributed by atoms with E-state index in [1.807, 2.05) is 0 Å². The average molecular weight is 1150 g/mol. The van der Waals surface area contributed by atoms with Gasteiger partial charge in [0.15, 0.2) is 6.29 Å². The Labute approximate surface area is 503 Å². The van der Waals surface area contributed by atoms with Crippen molar-refractivity contribution < 1.29 is 39.8 Å². The third-order valence-corrected chi connectivity index (χ3v) is 17.9. The first-order valence-corrected chi connectivity index (χ1v) is 36.4. The van der Waals surface area contributed by atoms with Gasteiger partial charge in [0.25, 0.3) is 0 Å². The van der Waals surface area contributed by atoms with Gasteiger partial charge in [0.1, 0.15) is 24.4 Å². The van der Waals surface area contributed by atoms with Crippen LogP contribution in [0.2, 0.25) is 0 Å². The third-order valence-electron chi connectivity index (χ3n) is 17.9. The van der Waals surface area contributed by atoms with Gasteiger partial charge in [-0.15, -0.1) is 0 Å². The zero-order valence-electron chi connectivity index (χ0n) is 54.1. The quantitative estimate of drug-likeness (QED) is 0.0261. The Kier molecular flexibility index (Phi) is 59.7. The summed E-state index contributed by atoms with van der Waals surface area (Å²) in [6.45, 7) is 3.90. The Morgan fingerprint density at radius 2 is 0.691 bits per heavy atom. The second-order valence-corrected chi connectivity index (χ2v) is 25.7. The summed E-state index contributed by atoms with van der Waals surface area (Å²) in [4.78, 5) is 13.2. The van der Waals surface area contributed by atoms with Gasteiger partial charge in [-0.25, -0.2) is 0 Å². The molecule has 1 heterocycles. The van der Waals surface area contributed by atoms with Gasteiger partial charge in [-0.1, -0.05) is 353 Å². The van der Waals surface area contributed by atoms with Gasteiger partial charge < -0.3 is 40.3 Å². The van der Waals surface area contributed by atoms with Gasteiger partial charge in [-0.3, -0.25) is 4.79 Å². The van der Waals surface area contributed by atoms with Crippen LogP contribution < -0.4 is 5.32 Å². The minimum atomic E-state index is -1.55. The fourth-order valence-electron chi connectivity index (χ4n) is 12.2. The van der Waals surface area contributed by atoms with Gasteiger partial charge in [0.2, 0.25) is 5.91 Å². The van der Waals surface area contributed by atoms with Crippen LogP contribution in [0.4, 0.5) is 0 Å². The molecule has 482 valence electrons. The monoisotopic (exact) mass is 1150 g/mol. The van der Waals surface area contributed by atoms with Crippen molar-refractivity contribution in [2.75, 3.05) is 13.2 Å². The number of amides is 1. The summed E-state index contributed by atoms with van der Waals surface area (Å²) in [6, 6.07) is -0.717. The molecule has 1 rings (SSSR count). The number of carbonyl (C=O) groups is 1. The molecule has 0 aromatic carbocycles. The van der Waals surface area contributed by atoms with Crippen LogP contribution >= 0.6 is 0 Å². The van der Waals surface area contributed by atoms with Crippen molar-refractivity contribution in [3.63, 3.8) is 0 Å². The molecule has 9 nitrogen and oxygen atoms in total. The molecule has 1 saturated heterocycles. The number of hydrogen-bond donors (Lipinski definition) is 6. The molecule has 0 aromatic rings. The molecule has 7 atom stereocenters. The van der Waals surface area contributed by atoms with Crippen LogP contribution in [0.5, 0.6) is 0 Å². The smallest absolute Gasteiger partial charge is 0.220 e. The predicted molar refractivity (Wildman–Crippen MR) is 346 cm³/mol. The van der Waals surface area contributed by atoms with E-state index < -0.39 is 49.5 Å². The number of ether oxygens (including phenoxy) is 2. The maximum Gasteiger partial charge on any atom is 0.220 e. The number of rotatable bonds is 65. The van der Waals surface area contributed by atoms with Crippen LogP contribution in [-0.4, -0.2) is 87.5 Å². The third kappa shape index (κ3) is 50.8. The summed E-state index contributed by atoms with van der Waals surface area (Å²) < 4.78 is 11.4. The summed E-state index contributed by atoms with van der Waals surface area (Å²) in [5.74, 6) is -0.134. The Morgan fingerprint density at radius 1 is 0.407 bits per heavy atom. The molecule has 9 heteroatoms. The number of nitrogens with one attached hydrogen (secondary N) is 1. The molecule has 81 heavy (non-hydrogen) atoms. The molecular weight excluding hydrogens is 1010 g/mol. The molecule has 7 unspecified atom stereocenters. The van der Waals surface area contributed by atoms with E-state index in [4.69, 9.17) is 9.47 Å². The molecule has 1 amide bonds. The van der Waals surface area contributed by atoms with E-state index in [1.165, 1.54) is 321 Å². The molecule has 0 spiro atoms. The van der Waals surface area contributed by atoms with E-state index in [2.05, 4.69) is 31.3 Å². The molecule has 0 bridgehead atoms. The van der Waals surface area contributed by atoms with E-state index in [0.717, 1.165) is 38.5 Å². The SMILES string of the molecule is CCCCCCCCCC/C=C\CCCCCCCCCCCCCCCCCCCCCC(=O)NC(COC1OC(CO)C(O)C(O)C1O)C(O)CCCCCCCCCCCCCCCCCCCCCCCCCCCCC. The second kappa shape index (κ2) is 62.0. The van der Waals surface area contributed by atoms with Crippen molar-refractivity contribution in [1.82, 2.24) is 5.32 Å². The highest BCUT2D eigenvalue weighted by molar-refractivity contribution is 5.76. The van der Waals surface area contributed by atoms with E-state index >= 15 is 0 Å². The van der Waals surface area contributed by atoms with Crippen LogP contribution in [0.3, 0.4) is 0 Å². The number of hydrogen-bond acceptors (Lipinski definition) is 8. The molecule has 0 aromatic heterocycles. The van der Waals surface area contributed by atoms with Gasteiger partial charge in [-0.05, 0) is 38.5 Å². The van der Waals surface area contributed by atoms with Crippen LogP contribution in [0.25, 0.3) is 0 Å². The molecular formula is C72H141NO8. The summed E-state index contributed by atoms with van der Waals surface area (Å²) in [6.07, 6.45) is 72.9. The maximum absolute atomic E-state index is 13.2. The van der Waals surface area contributed by atoms with Crippen LogP contribution in [-0.2, 0) is 14.3 Å². The highest BCUT2D eigenvalue weighted by Crippen LogP contribution is 2.24. The highest BCUT2D eigenvalue weighted by Gasteiger charge is 2.44. The maximum atomic E-state index is 13.2. The Bertz CT molecular complexity index is 1280. The van der Waals surface area contributed by atoms with Gasteiger partial charge in [0, 0.05) is 6.42 Å². The van der Waals surface area contributed by atoms with Gasteiger partial charge >= 0.3 is 0 Å². The average Bonchev–Trinajstić information content (AvgIpc) is 3.47. The normalized spacial score (nSPS) is 18.3. The first-order chi connectivity index (χ1) is 39.8. The Hall–Kier alpha value is -1.07. The lowest BCUT2D eigenvalue weighted by Crippen LogP contribution is -2.60. The van der Waals surface area contributed by atoms with Crippen LogP contribution in [0.15, 0.2) is 12.2 Å². The zero-order valence-corrected chi connectivity index (χ0v) is 54.1. The number of aliphatic hydroxyl groups is 5. The van der Waals surface area contributed by atoms with Crippen LogP contribution in [0.1, 0.15) is 386 Å². The minimum absolute atomic E-state index is 0.132. The summed E-state index contributed by atoms with van der Waals surface area (Å²) in [7, 11) is 0. The zero-order chi connectivity index (χ0) is 58.6. The van der Waals surface area contributed by atoms with E-state index in [1.54, 1.807) is 0 Å². The minimum Gasteiger partial charge on any atom is -0.394 e. The lowest BCUT2D eigenvalue weighted by molar-refractivity contribution is -0.302. The van der Waals surface area contributed by atoms with Crippen LogP contribution in [0, 0.1) is 0 Å². The predicted octanol–water partition coefficient (Wildman–Crippen LogP) is 19.9. The van der Waals surface area contributed by atoms with Gasteiger partial charge in [-0.2, -0.15) is 0 Å². The summed E-state index contributed by atoms with van der Waals surface area (Å²) in [5.41, 5.74) is 0. The van der Waals surface area contributed by atoms with E-state index in [-0.39, 0.29) is 12.5 Å². The number of carbonyl (C=O) groups excluding carboxylic acids is 1. The largest absolute Gasteiger partial charge is 0.394 e. The highest BCUT2D eigenvalue weighted by atomic mass is 16.7. The van der Waals surface area contributed by atoms with Crippen molar-refractivity contribution in [3.05, 3.63) is 12.2 Å². The molecule has 0 saturated carbocycles. The molecule has 6 N–H and O–H groups in total. The lowest BCUT2D eigenvalue weighted by Gasteiger charge is -2.40. The molecule has 1 fully saturated rings. The van der Waals surface area contributed by atoms with Crippen molar-refractivity contribution in [3.8, 4) is 0 Å². The topological polar surface area (TPSA) is 149 Å². The summed E-state index contributed by atoms with van der Waals surface area (Å²) >= 11 is 0. The Balaban J connectivity index is 2.08. The van der Waals surface area contributed by atoms with Crippen molar-refractivity contribution in [1.29, 1.82) is 0 Å². The molecule has 0 aliphatic carbocycles. The first-order valence-electron chi connectivity index (χ1n) is 36.4. The molecule has 1 aliphatic heterocycles. The Morgan fingerprint density at radius 3 is 1.00 bits per heavy atom. The summed E-state index contributed by atoms with van der Waals surface area (Å²) in [5, 5.41) is 55.0. The van der Waals surface area contributed by atoms with E-state index in [9.17, 15) is 30.3 Å². The van der Waals surface area contributed by atoms with Gasteiger partial charge in [0.05, 0.1) is 25.4 Å². The van der Waals surface area contributed by atoms with E-state index in [0.29, 0.717) is 12.8 Å².